The number of thiophene rings is 1. The van der Waals surface area contributed by atoms with Crippen LogP contribution in [0.3, 0.4) is 0 Å². The summed E-state index contributed by atoms with van der Waals surface area (Å²) >= 11 is 1.17. The highest BCUT2D eigenvalue weighted by Gasteiger charge is 2.18. The second-order valence-electron chi connectivity index (χ2n) is 3.98. The van der Waals surface area contributed by atoms with Gasteiger partial charge in [0.05, 0.1) is 11.3 Å². The maximum Gasteiger partial charge on any atom is 0.271 e. The van der Waals surface area contributed by atoms with Crippen LogP contribution in [0.5, 0.6) is 0 Å². The first-order chi connectivity index (χ1) is 9.46. The molecule has 2 rings (SSSR count). The molecular formula is C13H11FN2O2S2. The van der Waals surface area contributed by atoms with Crippen molar-refractivity contribution in [1.82, 2.24) is 0 Å². The lowest BCUT2D eigenvalue weighted by Gasteiger charge is -2.07. The highest BCUT2D eigenvalue weighted by atomic mass is 32.2. The summed E-state index contributed by atoms with van der Waals surface area (Å²) < 4.78 is 39.9. The first kappa shape index (κ1) is 14.5. The lowest BCUT2D eigenvalue weighted by molar-refractivity contribution is 0.603. The molecule has 104 valence electrons. The molecule has 0 spiro atoms. The number of rotatable bonds is 4. The van der Waals surface area contributed by atoms with E-state index in [0.717, 1.165) is 23.4 Å². The fourth-order valence-electron chi connectivity index (χ4n) is 1.59. The smallest absolute Gasteiger partial charge is 0.271 e. The molecule has 20 heavy (non-hydrogen) atoms. The van der Waals surface area contributed by atoms with Gasteiger partial charge in [0.25, 0.3) is 10.0 Å². The van der Waals surface area contributed by atoms with Gasteiger partial charge in [-0.15, -0.1) is 11.3 Å². The van der Waals surface area contributed by atoms with Gasteiger partial charge in [-0.05, 0) is 36.8 Å². The van der Waals surface area contributed by atoms with Crippen LogP contribution in [0.1, 0.15) is 17.4 Å². The minimum atomic E-state index is -3.75. The van der Waals surface area contributed by atoms with Gasteiger partial charge in [-0.1, -0.05) is 6.92 Å². The van der Waals surface area contributed by atoms with Crippen LogP contribution in [-0.4, -0.2) is 8.42 Å². The fraction of sp³-hybridized carbons (Fsp3) is 0.154. The van der Waals surface area contributed by atoms with Crippen LogP contribution in [0.15, 0.2) is 34.5 Å². The molecule has 0 saturated carbocycles. The Morgan fingerprint density at radius 1 is 1.35 bits per heavy atom. The molecule has 0 unspecified atom stereocenters. The number of nitrogens with zero attached hydrogens (tertiary/aromatic N) is 1. The second-order valence-corrected chi connectivity index (χ2v) is 7.06. The molecule has 1 heterocycles. The molecule has 0 aliphatic heterocycles. The van der Waals surface area contributed by atoms with Gasteiger partial charge in [-0.3, -0.25) is 4.72 Å². The van der Waals surface area contributed by atoms with Crippen LogP contribution in [0.2, 0.25) is 0 Å². The second kappa shape index (κ2) is 5.61. The van der Waals surface area contributed by atoms with Crippen LogP contribution >= 0.6 is 11.3 Å². The summed E-state index contributed by atoms with van der Waals surface area (Å²) in [6.07, 6.45) is 0.750. The summed E-state index contributed by atoms with van der Waals surface area (Å²) in [5.41, 5.74) is 0.0150. The minimum Gasteiger partial charge on any atom is -0.278 e. The Morgan fingerprint density at radius 2 is 2.10 bits per heavy atom. The predicted octanol–water partition coefficient (Wildman–Crippen LogP) is 3.12. The summed E-state index contributed by atoms with van der Waals surface area (Å²) in [6.45, 7) is 1.93. The predicted molar refractivity (Wildman–Crippen MR) is 75.6 cm³/mol. The molecule has 4 nitrogen and oxygen atoms in total. The molecule has 0 amide bonds. The van der Waals surface area contributed by atoms with E-state index in [0.29, 0.717) is 0 Å². The van der Waals surface area contributed by atoms with Gasteiger partial charge in [0.15, 0.2) is 0 Å². The number of sulfonamides is 1. The quantitative estimate of drug-likeness (QED) is 0.943. The number of benzene rings is 1. The van der Waals surface area contributed by atoms with Crippen LogP contribution in [-0.2, 0) is 16.4 Å². The van der Waals surface area contributed by atoms with E-state index in [1.54, 1.807) is 12.1 Å². The average molecular weight is 310 g/mol. The normalized spacial score (nSPS) is 11.1. The number of halogens is 1. The third-order valence-electron chi connectivity index (χ3n) is 2.60. The van der Waals surface area contributed by atoms with E-state index in [1.165, 1.54) is 23.5 Å². The van der Waals surface area contributed by atoms with E-state index in [-0.39, 0.29) is 15.5 Å². The molecule has 1 N–H and O–H groups in total. The minimum absolute atomic E-state index is 0.0548. The first-order valence-corrected chi connectivity index (χ1v) is 8.07. The fourth-order valence-corrected chi connectivity index (χ4v) is 3.96. The van der Waals surface area contributed by atoms with Crippen molar-refractivity contribution in [3.63, 3.8) is 0 Å². The topological polar surface area (TPSA) is 70.0 Å². The van der Waals surface area contributed by atoms with Crippen LogP contribution in [0, 0.1) is 17.1 Å². The summed E-state index contributed by atoms with van der Waals surface area (Å²) in [5, 5.41) is 8.90. The van der Waals surface area contributed by atoms with Crippen LogP contribution in [0.25, 0.3) is 0 Å². The number of nitriles is 1. The van der Waals surface area contributed by atoms with Gasteiger partial charge in [-0.25, -0.2) is 12.8 Å². The molecule has 2 aromatic rings. The van der Waals surface area contributed by atoms with Crippen molar-refractivity contribution in [3.05, 3.63) is 46.6 Å². The van der Waals surface area contributed by atoms with E-state index in [1.807, 2.05) is 6.92 Å². The number of nitrogens with one attached hydrogen (secondary N) is 1. The molecular weight excluding hydrogens is 299 g/mol. The lowest BCUT2D eigenvalue weighted by atomic mass is 10.2. The van der Waals surface area contributed by atoms with Crippen LogP contribution < -0.4 is 4.72 Å². The Morgan fingerprint density at radius 3 is 2.70 bits per heavy atom. The molecule has 0 radical (unpaired) electrons. The lowest BCUT2D eigenvalue weighted by Crippen LogP contribution is -2.12. The largest absolute Gasteiger partial charge is 0.278 e. The van der Waals surface area contributed by atoms with Crippen molar-refractivity contribution < 1.29 is 12.8 Å². The zero-order valence-electron chi connectivity index (χ0n) is 10.6. The number of hydrogen-bond donors (Lipinski definition) is 1. The summed E-state index contributed by atoms with van der Waals surface area (Å²) in [7, 11) is -3.75. The molecule has 0 aliphatic carbocycles. The molecule has 0 atom stereocenters. The van der Waals surface area contributed by atoms with Crippen molar-refractivity contribution in [2.75, 3.05) is 4.72 Å². The zero-order valence-corrected chi connectivity index (χ0v) is 12.2. The Kier molecular flexibility index (Phi) is 4.06. The van der Waals surface area contributed by atoms with E-state index in [2.05, 4.69) is 4.72 Å². The van der Waals surface area contributed by atoms with E-state index < -0.39 is 15.8 Å². The van der Waals surface area contributed by atoms with E-state index >= 15 is 0 Å². The van der Waals surface area contributed by atoms with Crippen LogP contribution in [0.4, 0.5) is 10.1 Å². The third kappa shape index (κ3) is 2.98. The van der Waals surface area contributed by atoms with Gasteiger partial charge < -0.3 is 0 Å². The number of hydrogen-bond acceptors (Lipinski definition) is 4. The Labute approximate surface area is 120 Å². The highest BCUT2D eigenvalue weighted by Crippen LogP contribution is 2.25. The van der Waals surface area contributed by atoms with Gasteiger partial charge in [-0.2, -0.15) is 5.26 Å². The standard InChI is InChI=1S/C13H11FN2O2S2/c1-2-11-4-6-13(19-11)20(17,18)16-12-5-3-10(14)7-9(12)8-15/h3-7,16H,2H2,1H3. The molecule has 0 saturated heterocycles. The van der Waals surface area contributed by atoms with Crippen molar-refractivity contribution in [1.29, 1.82) is 5.26 Å². The molecule has 1 aromatic heterocycles. The van der Waals surface area contributed by atoms with Gasteiger partial charge in [0.1, 0.15) is 16.1 Å². The number of anilines is 1. The zero-order chi connectivity index (χ0) is 14.8. The molecule has 7 heteroatoms. The Balaban J connectivity index is 2.36. The molecule has 0 aliphatic rings. The van der Waals surface area contributed by atoms with Gasteiger partial charge >= 0.3 is 0 Å². The monoisotopic (exact) mass is 310 g/mol. The summed E-state index contributed by atoms with van der Waals surface area (Å²) in [4.78, 5) is 0.949. The Bertz CT molecular complexity index is 776. The SMILES string of the molecule is CCc1ccc(S(=O)(=O)Nc2ccc(F)cc2C#N)s1. The molecule has 0 fully saturated rings. The average Bonchev–Trinajstić information content (AvgIpc) is 2.90. The van der Waals surface area contributed by atoms with E-state index in [4.69, 9.17) is 5.26 Å². The molecule has 1 aromatic carbocycles. The van der Waals surface area contributed by atoms with Crippen molar-refractivity contribution in [3.8, 4) is 6.07 Å². The Hall–Kier alpha value is -1.91. The maximum absolute atomic E-state index is 13.0. The third-order valence-corrected chi connectivity index (χ3v) is 5.68. The highest BCUT2D eigenvalue weighted by molar-refractivity contribution is 7.94. The van der Waals surface area contributed by atoms with Gasteiger partial charge in [0, 0.05) is 4.88 Å². The van der Waals surface area contributed by atoms with Crippen molar-refractivity contribution in [2.24, 2.45) is 0 Å². The maximum atomic E-state index is 13.0. The summed E-state index contributed by atoms with van der Waals surface area (Å²) in [6, 6.07) is 8.35. The van der Waals surface area contributed by atoms with E-state index in [9.17, 15) is 12.8 Å². The summed E-state index contributed by atoms with van der Waals surface area (Å²) in [5.74, 6) is -0.589. The van der Waals surface area contributed by atoms with Crippen molar-refractivity contribution >= 4 is 27.0 Å². The number of aryl methyl sites for hydroxylation is 1. The van der Waals surface area contributed by atoms with Gasteiger partial charge in [0.2, 0.25) is 0 Å². The first-order valence-electron chi connectivity index (χ1n) is 5.77. The van der Waals surface area contributed by atoms with Crippen molar-refractivity contribution in [2.45, 2.75) is 17.6 Å². The molecule has 0 bridgehead atoms.